The molecule has 0 unspecified atom stereocenters. The second-order valence-electron chi connectivity index (χ2n) is 6.11. The zero-order valence-corrected chi connectivity index (χ0v) is 16.5. The van der Waals surface area contributed by atoms with Crippen LogP contribution in [0.25, 0.3) is 0 Å². The fraction of sp³-hybridized carbons (Fsp3) is 0.182. The van der Waals surface area contributed by atoms with Crippen molar-refractivity contribution in [1.29, 1.82) is 0 Å². The second-order valence-corrected chi connectivity index (χ2v) is 6.87. The van der Waals surface area contributed by atoms with E-state index in [-0.39, 0.29) is 34.8 Å². The van der Waals surface area contributed by atoms with Crippen LogP contribution in [0.1, 0.15) is 11.1 Å². The maximum Gasteiger partial charge on any atom is 0.265 e. The highest BCUT2D eigenvalue weighted by molar-refractivity contribution is 6.58. The Bertz CT molecular complexity index is 845. The lowest BCUT2D eigenvalue weighted by atomic mass is 10.1. The number of allylic oxidation sites excluding steroid dienone is 2. The Balaban J connectivity index is 1.63. The summed E-state index contributed by atoms with van der Waals surface area (Å²) in [5, 5.41) is -0.642. The summed E-state index contributed by atoms with van der Waals surface area (Å²) in [6, 6.07) is 19.3. The number of ether oxygens (including phenoxy) is 2. The first kappa shape index (κ1) is 20.2. The predicted molar refractivity (Wildman–Crippen MR) is 108 cm³/mol. The van der Waals surface area contributed by atoms with Crippen molar-refractivity contribution in [3.63, 3.8) is 0 Å². The lowest BCUT2D eigenvalue weighted by Crippen LogP contribution is -2.24. The van der Waals surface area contributed by atoms with Crippen molar-refractivity contribution in [2.45, 2.75) is 12.8 Å². The SMILES string of the molecule is O=C1C(Cl)=C(OCCc2ccccc2)C(=O)C(OCCc2ccccc2)=C1Cl. The quantitative estimate of drug-likeness (QED) is 0.591. The minimum atomic E-state index is -0.674. The minimum Gasteiger partial charge on any atom is -0.487 e. The molecule has 0 spiro atoms. The van der Waals surface area contributed by atoms with Gasteiger partial charge in [0.05, 0.1) is 13.2 Å². The molecule has 0 heterocycles. The number of rotatable bonds is 8. The smallest absolute Gasteiger partial charge is 0.265 e. The first-order valence-electron chi connectivity index (χ1n) is 8.80. The van der Waals surface area contributed by atoms with Crippen molar-refractivity contribution in [3.8, 4) is 0 Å². The maximum atomic E-state index is 12.7. The molecule has 1 aliphatic carbocycles. The van der Waals surface area contributed by atoms with Crippen molar-refractivity contribution in [1.82, 2.24) is 0 Å². The molecule has 28 heavy (non-hydrogen) atoms. The molecule has 0 aliphatic heterocycles. The summed E-state index contributed by atoms with van der Waals surface area (Å²) in [6.45, 7) is 0.396. The fourth-order valence-electron chi connectivity index (χ4n) is 2.69. The van der Waals surface area contributed by atoms with Crippen LogP contribution < -0.4 is 0 Å². The number of Topliss-reactive ketones (excluding diaryl/α,β-unsaturated/α-hetero) is 2. The summed E-state index contributed by atoms with van der Waals surface area (Å²) in [5.74, 6) is -1.73. The van der Waals surface area contributed by atoms with Gasteiger partial charge in [-0.15, -0.1) is 0 Å². The van der Waals surface area contributed by atoms with Crippen LogP contribution in [0.2, 0.25) is 0 Å². The van der Waals surface area contributed by atoms with Crippen LogP contribution in [0, 0.1) is 0 Å². The Morgan fingerprint density at radius 3 is 1.39 bits per heavy atom. The lowest BCUT2D eigenvalue weighted by Gasteiger charge is -2.19. The molecule has 0 atom stereocenters. The van der Waals surface area contributed by atoms with E-state index >= 15 is 0 Å². The Hall–Kier alpha value is -2.56. The first-order chi connectivity index (χ1) is 13.6. The van der Waals surface area contributed by atoms with Gasteiger partial charge in [-0.1, -0.05) is 83.9 Å². The van der Waals surface area contributed by atoms with E-state index in [1.54, 1.807) is 0 Å². The third-order valence-corrected chi connectivity index (χ3v) is 4.86. The third-order valence-electron chi connectivity index (χ3n) is 4.17. The van der Waals surface area contributed by atoms with Gasteiger partial charge in [0.15, 0.2) is 11.5 Å². The zero-order chi connectivity index (χ0) is 19.9. The highest BCUT2D eigenvalue weighted by atomic mass is 35.5. The molecule has 0 bridgehead atoms. The molecule has 0 saturated carbocycles. The van der Waals surface area contributed by atoms with Gasteiger partial charge in [-0.3, -0.25) is 9.59 Å². The Labute approximate surface area is 173 Å². The van der Waals surface area contributed by atoms with Crippen LogP contribution in [-0.2, 0) is 31.9 Å². The van der Waals surface area contributed by atoms with E-state index in [4.69, 9.17) is 32.7 Å². The maximum absolute atomic E-state index is 12.7. The van der Waals surface area contributed by atoms with Crippen molar-refractivity contribution in [2.75, 3.05) is 13.2 Å². The van der Waals surface area contributed by atoms with E-state index in [0.717, 1.165) is 11.1 Å². The Kier molecular flexibility index (Phi) is 6.90. The van der Waals surface area contributed by atoms with Crippen molar-refractivity contribution >= 4 is 34.8 Å². The molecule has 0 aromatic heterocycles. The van der Waals surface area contributed by atoms with Gasteiger partial charge in [-0.25, -0.2) is 0 Å². The number of hydrogen-bond donors (Lipinski definition) is 0. The van der Waals surface area contributed by atoms with Gasteiger partial charge in [-0.2, -0.15) is 0 Å². The van der Waals surface area contributed by atoms with Crippen molar-refractivity contribution in [2.24, 2.45) is 0 Å². The van der Waals surface area contributed by atoms with Crippen LogP contribution >= 0.6 is 23.2 Å². The average molecular weight is 417 g/mol. The molecular formula is C22H18Cl2O4. The molecule has 4 nitrogen and oxygen atoms in total. The third kappa shape index (κ3) is 4.83. The Morgan fingerprint density at radius 1 is 0.607 bits per heavy atom. The summed E-state index contributed by atoms with van der Waals surface area (Å²) < 4.78 is 11.1. The van der Waals surface area contributed by atoms with E-state index < -0.39 is 11.6 Å². The molecule has 0 amide bonds. The summed E-state index contributed by atoms with van der Waals surface area (Å²) in [4.78, 5) is 25.0. The molecule has 0 radical (unpaired) electrons. The van der Waals surface area contributed by atoms with Gasteiger partial charge < -0.3 is 9.47 Å². The predicted octanol–water partition coefficient (Wildman–Crippen LogP) is 4.56. The van der Waals surface area contributed by atoms with Gasteiger partial charge >= 0.3 is 0 Å². The van der Waals surface area contributed by atoms with E-state index in [1.165, 1.54) is 0 Å². The lowest BCUT2D eigenvalue weighted by molar-refractivity contribution is -0.121. The highest BCUT2D eigenvalue weighted by Crippen LogP contribution is 2.30. The molecule has 144 valence electrons. The zero-order valence-electron chi connectivity index (χ0n) is 15.0. The first-order valence-corrected chi connectivity index (χ1v) is 9.56. The van der Waals surface area contributed by atoms with Crippen LogP contribution in [0.4, 0.5) is 0 Å². The number of halogens is 2. The summed E-state index contributed by atoms with van der Waals surface area (Å²) in [5.41, 5.74) is 2.09. The summed E-state index contributed by atoms with van der Waals surface area (Å²) >= 11 is 12.0. The molecule has 0 fully saturated rings. The normalized spacial score (nSPS) is 14.5. The standard InChI is InChI=1S/C22H18Cl2O4/c23-17-19(25)18(24)22(28-14-12-16-9-5-2-6-10-16)20(26)21(17)27-13-11-15-7-3-1-4-8-15/h1-10H,11-14H2. The fourth-order valence-corrected chi connectivity index (χ4v) is 3.21. The van der Waals surface area contributed by atoms with Gasteiger partial charge in [0.2, 0.25) is 5.78 Å². The van der Waals surface area contributed by atoms with E-state index in [0.29, 0.717) is 12.8 Å². The van der Waals surface area contributed by atoms with Gasteiger partial charge in [0, 0.05) is 12.8 Å². The largest absolute Gasteiger partial charge is 0.487 e. The van der Waals surface area contributed by atoms with E-state index in [2.05, 4.69) is 0 Å². The van der Waals surface area contributed by atoms with Crippen LogP contribution in [0.5, 0.6) is 0 Å². The van der Waals surface area contributed by atoms with Gasteiger partial charge in [0.25, 0.3) is 5.78 Å². The number of hydrogen-bond acceptors (Lipinski definition) is 4. The molecule has 2 aromatic carbocycles. The van der Waals surface area contributed by atoms with Crippen LogP contribution in [0.15, 0.2) is 82.2 Å². The van der Waals surface area contributed by atoms with Crippen LogP contribution in [-0.4, -0.2) is 24.8 Å². The number of carbonyl (C=O) groups excluding carboxylic acids is 2. The summed E-state index contributed by atoms with van der Waals surface area (Å²) in [6.07, 6.45) is 1.13. The average Bonchev–Trinajstić information content (AvgIpc) is 2.73. The minimum absolute atomic E-state index is 0.198. The molecule has 3 rings (SSSR count). The van der Waals surface area contributed by atoms with E-state index in [9.17, 15) is 9.59 Å². The number of benzene rings is 2. The van der Waals surface area contributed by atoms with Gasteiger partial charge in [0.1, 0.15) is 10.1 Å². The molecule has 0 saturated heterocycles. The molecular weight excluding hydrogens is 399 g/mol. The second kappa shape index (κ2) is 9.58. The van der Waals surface area contributed by atoms with Gasteiger partial charge in [-0.05, 0) is 11.1 Å². The topological polar surface area (TPSA) is 52.6 Å². The number of ketones is 2. The molecule has 0 N–H and O–H groups in total. The van der Waals surface area contributed by atoms with Crippen LogP contribution in [0.3, 0.4) is 0 Å². The number of carbonyl (C=O) groups is 2. The monoisotopic (exact) mass is 416 g/mol. The molecule has 6 heteroatoms. The highest BCUT2D eigenvalue weighted by Gasteiger charge is 2.36. The molecule has 1 aliphatic rings. The van der Waals surface area contributed by atoms with Crippen molar-refractivity contribution in [3.05, 3.63) is 93.4 Å². The van der Waals surface area contributed by atoms with Crippen molar-refractivity contribution < 1.29 is 19.1 Å². The summed E-state index contributed by atoms with van der Waals surface area (Å²) in [7, 11) is 0. The van der Waals surface area contributed by atoms with E-state index in [1.807, 2.05) is 60.7 Å². The molecule has 2 aromatic rings. The Morgan fingerprint density at radius 2 is 1.00 bits per heavy atom.